The Bertz CT molecular complexity index is 513. The van der Waals surface area contributed by atoms with Gasteiger partial charge < -0.3 is 14.6 Å². The molecule has 0 aromatic heterocycles. The van der Waals surface area contributed by atoms with Gasteiger partial charge in [-0.3, -0.25) is 0 Å². The first-order valence-electron chi connectivity index (χ1n) is 6.78. The summed E-state index contributed by atoms with van der Waals surface area (Å²) in [4.78, 5) is 0.184. The van der Waals surface area contributed by atoms with Crippen LogP contribution in [0, 0.1) is 0 Å². The molecule has 0 unspecified atom stereocenters. The lowest BCUT2D eigenvalue weighted by Crippen LogP contribution is -2.38. The van der Waals surface area contributed by atoms with Gasteiger partial charge in [0.15, 0.2) is 0 Å². The highest BCUT2D eigenvalue weighted by atomic mass is 32.2. The average Bonchev–Trinajstić information content (AvgIpc) is 2.45. The van der Waals surface area contributed by atoms with Crippen LogP contribution in [0.1, 0.15) is 13.8 Å². The van der Waals surface area contributed by atoms with Crippen LogP contribution in [0.25, 0.3) is 0 Å². The topological polar surface area (TPSA) is 76.1 Å². The number of sulfonamides is 1. The van der Waals surface area contributed by atoms with Crippen molar-refractivity contribution in [2.75, 3.05) is 33.5 Å². The molecule has 0 heterocycles. The summed E-state index contributed by atoms with van der Waals surface area (Å²) in [5.41, 5.74) is 0. The first-order chi connectivity index (χ1) is 9.93. The Morgan fingerprint density at radius 1 is 1.19 bits per heavy atom. The van der Waals surface area contributed by atoms with Crippen LogP contribution in [0.5, 0.6) is 5.75 Å². The van der Waals surface area contributed by atoms with Crippen LogP contribution in [0.3, 0.4) is 0 Å². The van der Waals surface area contributed by atoms with E-state index in [1.54, 1.807) is 33.1 Å². The molecule has 6 nitrogen and oxygen atoms in total. The molecule has 0 saturated heterocycles. The van der Waals surface area contributed by atoms with Crippen molar-refractivity contribution in [3.05, 3.63) is 24.3 Å². The van der Waals surface area contributed by atoms with Gasteiger partial charge in [0, 0.05) is 19.7 Å². The van der Waals surface area contributed by atoms with E-state index in [0.29, 0.717) is 19.0 Å². The second kappa shape index (κ2) is 8.33. The Kier molecular flexibility index (Phi) is 7.10. The fourth-order valence-corrected chi connectivity index (χ4v) is 3.47. The van der Waals surface area contributed by atoms with Gasteiger partial charge in [0.2, 0.25) is 10.0 Å². The second-order valence-corrected chi connectivity index (χ2v) is 6.64. The Morgan fingerprint density at radius 3 is 2.29 bits per heavy atom. The predicted molar refractivity (Wildman–Crippen MR) is 79.9 cm³/mol. The van der Waals surface area contributed by atoms with Gasteiger partial charge in [0.25, 0.3) is 0 Å². The number of benzene rings is 1. The number of ether oxygens (including phenoxy) is 2. The van der Waals surface area contributed by atoms with E-state index < -0.39 is 10.0 Å². The van der Waals surface area contributed by atoms with Crippen molar-refractivity contribution in [1.82, 2.24) is 4.31 Å². The molecular weight excluding hydrogens is 294 g/mol. The highest BCUT2D eigenvalue weighted by molar-refractivity contribution is 7.89. The van der Waals surface area contributed by atoms with Gasteiger partial charge in [-0.15, -0.1) is 0 Å². The third-order valence-electron chi connectivity index (χ3n) is 2.88. The van der Waals surface area contributed by atoms with Gasteiger partial charge in [-0.05, 0) is 38.1 Å². The van der Waals surface area contributed by atoms with Gasteiger partial charge in [0.05, 0.1) is 18.1 Å². The lowest BCUT2D eigenvalue weighted by Gasteiger charge is -2.25. The summed E-state index contributed by atoms with van der Waals surface area (Å²) >= 11 is 0. The van der Waals surface area contributed by atoms with Crippen LogP contribution in [-0.2, 0) is 14.8 Å². The fourth-order valence-electron chi connectivity index (χ4n) is 1.84. The van der Waals surface area contributed by atoms with Crippen molar-refractivity contribution in [3.63, 3.8) is 0 Å². The standard InChI is InChI=1S/C14H23NO5S/c1-12(2)15(8-9-16)21(17,18)14-6-4-13(5-7-14)20-11-10-19-3/h4-7,12,16H,8-11H2,1-3H3. The van der Waals surface area contributed by atoms with Crippen molar-refractivity contribution in [3.8, 4) is 5.75 Å². The first-order valence-corrected chi connectivity index (χ1v) is 8.22. The van der Waals surface area contributed by atoms with Crippen molar-refractivity contribution < 1.29 is 23.0 Å². The molecule has 0 atom stereocenters. The largest absolute Gasteiger partial charge is 0.491 e. The molecule has 0 bridgehead atoms. The van der Waals surface area contributed by atoms with E-state index in [4.69, 9.17) is 14.6 Å². The van der Waals surface area contributed by atoms with Gasteiger partial charge in [-0.25, -0.2) is 8.42 Å². The summed E-state index contributed by atoms with van der Waals surface area (Å²) in [5, 5.41) is 9.02. The minimum atomic E-state index is -3.61. The number of hydrogen-bond acceptors (Lipinski definition) is 5. The summed E-state index contributed by atoms with van der Waals surface area (Å²) < 4.78 is 36.5. The van der Waals surface area contributed by atoms with Crippen LogP contribution in [0.2, 0.25) is 0 Å². The molecule has 0 aliphatic carbocycles. The molecule has 120 valence electrons. The van der Waals surface area contributed by atoms with Gasteiger partial charge in [0.1, 0.15) is 12.4 Å². The van der Waals surface area contributed by atoms with Crippen molar-refractivity contribution >= 4 is 10.0 Å². The van der Waals surface area contributed by atoms with Crippen molar-refractivity contribution in [2.45, 2.75) is 24.8 Å². The number of nitrogens with zero attached hydrogens (tertiary/aromatic N) is 1. The van der Waals surface area contributed by atoms with E-state index >= 15 is 0 Å². The zero-order chi connectivity index (χ0) is 15.9. The molecule has 0 aliphatic rings. The third-order valence-corrected chi connectivity index (χ3v) is 4.97. The van der Waals surface area contributed by atoms with Crippen LogP contribution >= 0.6 is 0 Å². The maximum atomic E-state index is 12.5. The van der Waals surface area contributed by atoms with Crippen LogP contribution < -0.4 is 4.74 Å². The van der Waals surface area contributed by atoms with E-state index in [1.807, 2.05) is 0 Å². The molecule has 1 aromatic carbocycles. The SMILES string of the molecule is COCCOc1ccc(S(=O)(=O)N(CCO)C(C)C)cc1. The molecule has 21 heavy (non-hydrogen) atoms. The van der Waals surface area contributed by atoms with Crippen LogP contribution in [0.15, 0.2) is 29.2 Å². The zero-order valence-corrected chi connectivity index (χ0v) is 13.5. The minimum Gasteiger partial charge on any atom is -0.491 e. The predicted octanol–water partition coefficient (Wildman–Crippen LogP) is 1.10. The third kappa shape index (κ3) is 4.96. The van der Waals surface area contributed by atoms with E-state index in [9.17, 15) is 8.42 Å². The van der Waals surface area contributed by atoms with Gasteiger partial charge >= 0.3 is 0 Å². The number of methoxy groups -OCH3 is 1. The monoisotopic (exact) mass is 317 g/mol. The lowest BCUT2D eigenvalue weighted by molar-refractivity contribution is 0.146. The van der Waals surface area contributed by atoms with E-state index in [2.05, 4.69) is 0 Å². The summed E-state index contributed by atoms with van der Waals surface area (Å²) in [7, 11) is -2.03. The van der Waals surface area contributed by atoms with Crippen molar-refractivity contribution in [2.24, 2.45) is 0 Å². The van der Waals surface area contributed by atoms with E-state index in [0.717, 1.165) is 0 Å². The fraction of sp³-hybridized carbons (Fsp3) is 0.571. The normalized spacial score (nSPS) is 12.1. The summed E-state index contributed by atoms with van der Waals surface area (Å²) in [6.45, 7) is 4.29. The van der Waals surface area contributed by atoms with E-state index in [1.165, 1.54) is 16.4 Å². The molecule has 0 radical (unpaired) electrons. The summed E-state index contributed by atoms with van der Waals surface area (Å²) in [6.07, 6.45) is 0. The average molecular weight is 317 g/mol. The molecule has 0 amide bonds. The molecule has 0 saturated carbocycles. The maximum absolute atomic E-state index is 12.5. The minimum absolute atomic E-state index is 0.0755. The number of rotatable bonds is 9. The molecule has 0 fully saturated rings. The molecule has 0 aliphatic heterocycles. The number of aliphatic hydroxyl groups excluding tert-OH is 1. The number of aliphatic hydroxyl groups is 1. The van der Waals surface area contributed by atoms with Crippen LogP contribution in [-0.4, -0.2) is 57.3 Å². The zero-order valence-electron chi connectivity index (χ0n) is 12.7. The first kappa shape index (κ1) is 17.9. The van der Waals surface area contributed by atoms with Gasteiger partial charge in [-0.2, -0.15) is 4.31 Å². The molecule has 0 spiro atoms. The smallest absolute Gasteiger partial charge is 0.243 e. The molecule has 7 heteroatoms. The van der Waals surface area contributed by atoms with Gasteiger partial charge in [-0.1, -0.05) is 0 Å². The Labute approximate surface area is 126 Å². The highest BCUT2D eigenvalue weighted by Crippen LogP contribution is 2.21. The van der Waals surface area contributed by atoms with Crippen LogP contribution in [0.4, 0.5) is 0 Å². The Hall–Kier alpha value is -1.15. The Morgan fingerprint density at radius 2 is 1.81 bits per heavy atom. The quantitative estimate of drug-likeness (QED) is 0.690. The summed E-state index contributed by atoms with van der Waals surface area (Å²) in [5.74, 6) is 0.587. The second-order valence-electron chi connectivity index (χ2n) is 4.75. The lowest BCUT2D eigenvalue weighted by atomic mass is 10.3. The maximum Gasteiger partial charge on any atom is 0.243 e. The molecule has 1 rings (SSSR count). The van der Waals surface area contributed by atoms with E-state index in [-0.39, 0.29) is 24.1 Å². The molecular formula is C14H23NO5S. The highest BCUT2D eigenvalue weighted by Gasteiger charge is 2.26. The van der Waals surface area contributed by atoms with Crippen molar-refractivity contribution in [1.29, 1.82) is 0 Å². The number of hydrogen-bond donors (Lipinski definition) is 1. The Balaban J connectivity index is 2.88. The molecule has 1 N–H and O–H groups in total. The summed E-state index contributed by atoms with van der Waals surface area (Å²) in [6, 6.07) is 6.01. The molecule has 1 aromatic rings.